The Hall–Kier alpha value is -4.66. The molecule has 4 aliphatic rings. The topological polar surface area (TPSA) is 247 Å². The summed E-state index contributed by atoms with van der Waals surface area (Å²) in [4.78, 5) is 99.0. The van der Waals surface area contributed by atoms with Crippen molar-refractivity contribution < 1.29 is 95.2 Å². The highest BCUT2D eigenvalue weighted by atomic mass is 16.8. The minimum atomic E-state index is -1.83. The maximum atomic E-state index is 13.0. The van der Waals surface area contributed by atoms with Crippen LogP contribution < -0.4 is 0 Å². The molecule has 4 rings (SSSR count). The molecule has 2 saturated heterocycles. The molecule has 0 amide bonds. The Bertz CT molecular complexity index is 1600. The molecular formula is C38H52O20. The molecule has 0 aromatic heterocycles. The van der Waals surface area contributed by atoms with Crippen molar-refractivity contribution >= 4 is 47.6 Å². The second-order valence-corrected chi connectivity index (χ2v) is 15.0. The van der Waals surface area contributed by atoms with Gasteiger partial charge in [-0.25, -0.2) is 0 Å². The molecule has 0 bridgehead atoms. The lowest BCUT2D eigenvalue weighted by Gasteiger charge is -2.44. The van der Waals surface area contributed by atoms with E-state index < -0.39 is 134 Å². The monoisotopic (exact) mass is 828 g/mol. The minimum absolute atomic E-state index is 0.0304. The number of fused-ring (bicyclic) bond motifs is 1. The summed E-state index contributed by atoms with van der Waals surface area (Å²) < 4.78 is 68.4. The zero-order valence-corrected chi connectivity index (χ0v) is 33.9. The average Bonchev–Trinajstić information content (AvgIpc) is 3.58. The molecule has 3 aliphatic heterocycles. The van der Waals surface area contributed by atoms with E-state index >= 15 is 0 Å². The summed E-state index contributed by atoms with van der Waals surface area (Å²) in [5, 5.41) is 0. The van der Waals surface area contributed by atoms with Crippen LogP contribution in [0.5, 0.6) is 0 Å². The van der Waals surface area contributed by atoms with Crippen LogP contribution in [0.4, 0.5) is 0 Å². The van der Waals surface area contributed by atoms with E-state index in [1.165, 1.54) is 6.26 Å². The molecule has 58 heavy (non-hydrogen) atoms. The van der Waals surface area contributed by atoms with Crippen molar-refractivity contribution in [1.82, 2.24) is 0 Å². The Morgan fingerprint density at radius 1 is 0.759 bits per heavy atom. The van der Waals surface area contributed by atoms with E-state index in [0.29, 0.717) is 5.57 Å². The lowest BCUT2D eigenvalue weighted by atomic mass is 9.83. The smallest absolute Gasteiger partial charge is 0.309 e. The molecule has 0 unspecified atom stereocenters. The van der Waals surface area contributed by atoms with E-state index in [0.717, 1.165) is 41.5 Å². The second kappa shape index (κ2) is 19.9. The van der Waals surface area contributed by atoms with Crippen molar-refractivity contribution in [1.29, 1.82) is 0 Å². The molecule has 1 saturated carbocycles. The van der Waals surface area contributed by atoms with Crippen molar-refractivity contribution in [3.8, 4) is 0 Å². The van der Waals surface area contributed by atoms with Crippen LogP contribution in [0.2, 0.25) is 0 Å². The van der Waals surface area contributed by atoms with Crippen LogP contribution in [0.25, 0.3) is 0 Å². The highest BCUT2D eigenvalue weighted by Gasteiger charge is 2.59. The summed E-state index contributed by atoms with van der Waals surface area (Å²) >= 11 is 0. The fraction of sp³-hybridized carbons (Fsp3) is 0.737. The summed E-state index contributed by atoms with van der Waals surface area (Å²) in [5.74, 6) is -6.97. The number of hydrogen-bond donors (Lipinski definition) is 0. The number of esters is 7. The lowest BCUT2D eigenvalue weighted by Crippen LogP contribution is -2.63. The first-order valence-corrected chi connectivity index (χ1v) is 18.8. The van der Waals surface area contributed by atoms with Crippen LogP contribution in [0.1, 0.15) is 75.2 Å². The van der Waals surface area contributed by atoms with Gasteiger partial charge in [-0.1, -0.05) is 20.8 Å². The molecule has 324 valence electrons. The maximum absolute atomic E-state index is 13.0. The van der Waals surface area contributed by atoms with E-state index in [2.05, 4.69) is 0 Å². The predicted octanol–water partition coefficient (Wildman–Crippen LogP) is 1.36. The summed E-state index contributed by atoms with van der Waals surface area (Å²) in [6.45, 7) is 10.1. The minimum Gasteiger partial charge on any atom is -0.462 e. The SMILES string of the molecule is CC(=O)OC[C@@]1(OC(C)=O)CO[C@@H](OC[C@H]2O[C@@H](OCC3=CO[C@@H](OC(=O)CC(C)C)[C@H]4[C@@H]3CC(=O)[C@@H]4C)[C@H](OC(C)=O)[C@@H](OC(C)=O)[C@@H]2OC(C)=O)[C@@H]1OC(C)=O. The van der Waals surface area contributed by atoms with Crippen LogP contribution in [0, 0.1) is 23.7 Å². The fourth-order valence-electron chi connectivity index (χ4n) is 7.36. The molecular weight excluding hydrogens is 776 g/mol. The van der Waals surface area contributed by atoms with Gasteiger partial charge in [-0.05, 0) is 11.5 Å². The van der Waals surface area contributed by atoms with Crippen LogP contribution in [-0.4, -0.2) is 129 Å². The standard InChI is InChI=1S/C38H52O20/c1-17(2)10-29(46)57-35-30-18(3)27(45)11-26(30)25(12-47-35)13-48-36-33(54-22(7)42)32(53-21(6)41)31(52-20(5)40)28(56-36)14-49-37-34(55-23(8)43)38(16-51-37,58-24(9)44)15-50-19(4)39/h12,17-18,26,28,30-37H,10-11,13-16H2,1-9H3/t18-,26+,28+,30+,31+,32-,33+,34-,35-,36+,37+,38+/m0/s1. The molecule has 1 aliphatic carbocycles. The molecule has 3 heterocycles. The van der Waals surface area contributed by atoms with Crippen LogP contribution >= 0.6 is 0 Å². The third-order valence-corrected chi connectivity index (χ3v) is 9.69. The van der Waals surface area contributed by atoms with E-state index in [1.807, 2.05) is 13.8 Å². The van der Waals surface area contributed by atoms with Crippen molar-refractivity contribution in [3.63, 3.8) is 0 Å². The zero-order chi connectivity index (χ0) is 43.1. The van der Waals surface area contributed by atoms with E-state index in [9.17, 15) is 38.4 Å². The summed E-state index contributed by atoms with van der Waals surface area (Å²) in [6.07, 6.45) is -9.95. The number of rotatable bonds is 16. The Morgan fingerprint density at radius 2 is 1.38 bits per heavy atom. The third-order valence-electron chi connectivity index (χ3n) is 9.69. The van der Waals surface area contributed by atoms with Gasteiger partial charge in [0.25, 0.3) is 0 Å². The molecule has 12 atom stereocenters. The molecule has 20 heteroatoms. The Morgan fingerprint density at radius 3 is 1.97 bits per heavy atom. The molecule has 0 N–H and O–H groups in total. The average molecular weight is 829 g/mol. The van der Waals surface area contributed by atoms with Gasteiger partial charge in [0.05, 0.1) is 26.1 Å². The molecule has 0 radical (unpaired) electrons. The number of Topliss-reactive ketones (excluding diaryl/α,β-unsaturated/α-hetero) is 1. The first kappa shape index (κ1) is 46.0. The van der Waals surface area contributed by atoms with Gasteiger partial charge in [0, 0.05) is 72.1 Å². The maximum Gasteiger partial charge on any atom is 0.309 e. The third kappa shape index (κ3) is 11.7. The van der Waals surface area contributed by atoms with Gasteiger partial charge in [-0.15, -0.1) is 0 Å². The molecule has 0 spiro atoms. The Labute approximate surface area is 334 Å². The van der Waals surface area contributed by atoms with Gasteiger partial charge in [0.1, 0.15) is 18.5 Å². The number of hydrogen-bond acceptors (Lipinski definition) is 20. The van der Waals surface area contributed by atoms with E-state index in [1.54, 1.807) is 6.92 Å². The number of carbonyl (C=O) groups excluding carboxylic acids is 8. The summed E-state index contributed by atoms with van der Waals surface area (Å²) in [6, 6.07) is 0. The van der Waals surface area contributed by atoms with Gasteiger partial charge in [0.15, 0.2) is 37.0 Å². The van der Waals surface area contributed by atoms with Crippen molar-refractivity contribution in [3.05, 3.63) is 11.8 Å². The van der Waals surface area contributed by atoms with Crippen molar-refractivity contribution in [2.75, 3.05) is 26.4 Å². The first-order valence-electron chi connectivity index (χ1n) is 18.8. The normalized spacial score (nSPS) is 32.8. The lowest BCUT2D eigenvalue weighted by molar-refractivity contribution is -0.314. The van der Waals surface area contributed by atoms with Gasteiger partial charge < -0.3 is 56.8 Å². The van der Waals surface area contributed by atoms with Crippen LogP contribution in [0.3, 0.4) is 0 Å². The van der Waals surface area contributed by atoms with Gasteiger partial charge in [-0.3, -0.25) is 38.4 Å². The quantitative estimate of drug-likeness (QED) is 0.157. The van der Waals surface area contributed by atoms with Crippen LogP contribution in [0.15, 0.2) is 11.8 Å². The molecule has 0 aromatic carbocycles. The first-order chi connectivity index (χ1) is 27.2. The zero-order valence-electron chi connectivity index (χ0n) is 33.9. The Kier molecular flexibility index (Phi) is 15.8. The van der Waals surface area contributed by atoms with E-state index in [4.69, 9.17) is 56.8 Å². The van der Waals surface area contributed by atoms with Gasteiger partial charge in [-0.2, -0.15) is 0 Å². The molecule has 3 fully saturated rings. The number of ketones is 1. The number of ether oxygens (including phenoxy) is 12. The molecule has 0 aromatic rings. The highest BCUT2D eigenvalue weighted by molar-refractivity contribution is 5.84. The highest BCUT2D eigenvalue weighted by Crippen LogP contribution is 2.45. The van der Waals surface area contributed by atoms with Crippen molar-refractivity contribution in [2.45, 2.75) is 130 Å². The summed E-state index contributed by atoms with van der Waals surface area (Å²) in [5.41, 5.74) is -1.34. The molecule has 20 nitrogen and oxygen atoms in total. The largest absolute Gasteiger partial charge is 0.462 e. The predicted molar refractivity (Wildman–Crippen MR) is 188 cm³/mol. The second-order valence-electron chi connectivity index (χ2n) is 15.0. The van der Waals surface area contributed by atoms with Gasteiger partial charge in [0.2, 0.25) is 11.9 Å². The summed E-state index contributed by atoms with van der Waals surface area (Å²) in [7, 11) is 0. The van der Waals surface area contributed by atoms with Gasteiger partial charge >= 0.3 is 41.8 Å². The fourth-order valence-corrected chi connectivity index (χ4v) is 7.36. The van der Waals surface area contributed by atoms with Crippen LogP contribution in [-0.2, 0) is 95.2 Å². The van der Waals surface area contributed by atoms with Crippen molar-refractivity contribution in [2.24, 2.45) is 23.7 Å². The number of carbonyl (C=O) groups is 8. The van der Waals surface area contributed by atoms with E-state index in [-0.39, 0.29) is 31.1 Å². The Balaban J connectivity index is 1.64.